The molecular formula is C45H72O16. The van der Waals surface area contributed by atoms with Gasteiger partial charge in [0.05, 0.1) is 48.8 Å². The van der Waals surface area contributed by atoms with E-state index in [1.807, 2.05) is 0 Å². The minimum Gasteiger partial charge on any atom is -0.455 e. The second kappa shape index (κ2) is 15.3. The Morgan fingerprint density at radius 1 is 0.754 bits per heavy atom. The van der Waals surface area contributed by atoms with Crippen molar-refractivity contribution in [1.29, 1.82) is 0 Å². The molecule has 16 heteroatoms. The van der Waals surface area contributed by atoms with Crippen LogP contribution in [-0.2, 0) is 42.7 Å². The van der Waals surface area contributed by atoms with Crippen molar-refractivity contribution in [2.24, 2.45) is 44.8 Å². The van der Waals surface area contributed by atoms with E-state index in [-0.39, 0.29) is 52.1 Å². The molecule has 8 fully saturated rings. The number of esters is 2. The number of fused-ring (bicyclic) bond motifs is 2. The Morgan fingerprint density at radius 3 is 2.05 bits per heavy atom. The number of carbonyl (C=O) groups is 2. The summed E-state index contributed by atoms with van der Waals surface area (Å²) in [5, 5.41) is 77.1. The van der Waals surface area contributed by atoms with Gasteiger partial charge in [-0.2, -0.15) is 0 Å². The topological polar surface area (TPSA) is 240 Å². The van der Waals surface area contributed by atoms with E-state index in [1.165, 1.54) is 13.8 Å². The van der Waals surface area contributed by atoms with Crippen LogP contribution in [0.25, 0.3) is 0 Å². The molecule has 0 amide bonds. The number of aliphatic hydroxyl groups is 7. The molecule has 7 N–H and O–H groups in total. The van der Waals surface area contributed by atoms with Crippen LogP contribution >= 0.6 is 0 Å². The summed E-state index contributed by atoms with van der Waals surface area (Å²) in [5.74, 6) is -1.67. The van der Waals surface area contributed by atoms with Gasteiger partial charge in [0.1, 0.15) is 30.5 Å². The van der Waals surface area contributed by atoms with Gasteiger partial charge in [-0.25, -0.2) is 0 Å². The molecule has 5 saturated carbocycles. The van der Waals surface area contributed by atoms with E-state index < -0.39 is 109 Å². The Balaban J connectivity index is 1.15. The van der Waals surface area contributed by atoms with Gasteiger partial charge in [-0.1, -0.05) is 27.7 Å². The van der Waals surface area contributed by atoms with E-state index in [0.717, 1.165) is 32.1 Å². The van der Waals surface area contributed by atoms with Gasteiger partial charge in [0.2, 0.25) is 0 Å². The number of rotatable bonds is 9. The highest BCUT2D eigenvalue weighted by Gasteiger charge is 2.85. The molecular weight excluding hydrogens is 796 g/mol. The predicted molar refractivity (Wildman–Crippen MR) is 213 cm³/mol. The SMILES string of the molecule is CC(=O)O[C@@H]1[C@@H](OC(C)=O)[C@@H](O[C@@H]2CC[C@]34C[C@]35CC[C@]3(C)[C@H]([C@@]6(C)CC[C@H](C(C)(C)O)O6)[C@@H](O)C[C@]3(C)[C@@H]5C[C@@H](O[C@@H]3O[C@H](CO)[C@@H](O)[C@H](O)[C@H]3O)[C@@H]4C2(C)C)OC[C@@H]1O. The van der Waals surface area contributed by atoms with Crippen LogP contribution in [0.1, 0.15) is 120 Å². The van der Waals surface area contributed by atoms with Gasteiger partial charge in [-0.05, 0) is 117 Å². The van der Waals surface area contributed by atoms with E-state index in [2.05, 4.69) is 34.6 Å². The lowest BCUT2D eigenvalue weighted by atomic mass is 9.41. The zero-order chi connectivity index (χ0) is 44.6. The molecule has 8 aliphatic rings. The average Bonchev–Trinajstić information content (AvgIpc) is 3.52. The van der Waals surface area contributed by atoms with Crippen molar-refractivity contribution < 1.29 is 78.5 Å². The van der Waals surface area contributed by atoms with Crippen LogP contribution in [0.4, 0.5) is 0 Å². The molecule has 3 saturated heterocycles. The van der Waals surface area contributed by atoms with Crippen molar-refractivity contribution in [3.8, 4) is 0 Å². The molecule has 2 spiro atoms. The lowest BCUT2D eigenvalue weighted by Gasteiger charge is -2.65. The van der Waals surface area contributed by atoms with Crippen molar-refractivity contribution in [2.45, 2.75) is 211 Å². The third-order valence-corrected chi connectivity index (χ3v) is 18.2. The van der Waals surface area contributed by atoms with Crippen molar-refractivity contribution in [3.05, 3.63) is 0 Å². The Bertz CT molecular complexity index is 1680. The third-order valence-electron chi connectivity index (χ3n) is 18.2. The Morgan fingerprint density at radius 2 is 1.43 bits per heavy atom. The molecule has 5 aliphatic carbocycles. The van der Waals surface area contributed by atoms with E-state index in [1.54, 1.807) is 13.8 Å². The van der Waals surface area contributed by atoms with E-state index >= 15 is 0 Å². The molecule has 0 bridgehead atoms. The van der Waals surface area contributed by atoms with Gasteiger partial charge < -0.3 is 68.9 Å². The molecule has 0 radical (unpaired) electrons. The molecule has 16 nitrogen and oxygen atoms in total. The summed E-state index contributed by atoms with van der Waals surface area (Å²) in [7, 11) is 0. The fourth-order valence-corrected chi connectivity index (χ4v) is 15.5. The van der Waals surface area contributed by atoms with Gasteiger partial charge >= 0.3 is 11.9 Å². The summed E-state index contributed by atoms with van der Waals surface area (Å²) in [4.78, 5) is 24.5. The van der Waals surface area contributed by atoms with Gasteiger partial charge in [0, 0.05) is 19.8 Å². The zero-order valence-corrected chi connectivity index (χ0v) is 37.3. The van der Waals surface area contributed by atoms with Gasteiger partial charge in [-0.15, -0.1) is 0 Å². The lowest BCUT2D eigenvalue weighted by Crippen LogP contribution is -2.65. The summed E-state index contributed by atoms with van der Waals surface area (Å²) < 4.78 is 43.6. The lowest BCUT2D eigenvalue weighted by molar-refractivity contribution is -0.339. The summed E-state index contributed by atoms with van der Waals surface area (Å²) in [6, 6.07) is 0. The molecule has 3 heterocycles. The third kappa shape index (κ3) is 6.89. The summed E-state index contributed by atoms with van der Waals surface area (Å²) in [6.07, 6.45) is -7.80. The van der Waals surface area contributed by atoms with Crippen molar-refractivity contribution in [1.82, 2.24) is 0 Å². The summed E-state index contributed by atoms with van der Waals surface area (Å²) in [5.41, 5.74) is -3.46. The van der Waals surface area contributed by atoms with Crippen LogP contribution in [0.2, 0.25) is 0 Å². The van der Waals surface area contributed by atoms with Crippen LogP contribution in [0.3, 0.4) is 0 Å². The van der Waals surface area contributed by atoms with E-state index in [0.29, 0.717) is 25.7 Å². The molecule has 8 rings (SSSR count). The normalized spacial score (nSPS) is 53.8. The Kier molecular flexibility index (Phi) is 11.5. The van der Waals surface area contributed by atoms with Crippen LogP contribution < -0.4 is 0 Å². The maximum Gasteiger partial charge on any atom is 0.303 e. The predicted octanol–water partition coefficient (Wildman–Crippen LogP) is 1.87. The summed E-state index contributed by atoms with van der Waals surface area (Å²) in [6.45, 7) is 16.1. The van der Waals surface area contributed by atoms with Crippen LogP contribution in [0, 0.1) is 44.8 Å². The van der Waals surface area contributed by atoms with Gasteiger partial charge in [0.25, 0.3) is 0 Å². The number of ether oxygens (including phenoxy) is 7. The maximum absolute atomic E-state index is 12.4. The second-order valence-electron chi connectivity index (χ2n) is 22.2. The van der Waals surface area contributed by atoms with Gasteiger partial charge in [-0.3, -0.25) is 9.59 Å². The second-order valence-corrected chi connectivity index (χ2v) is 22.2. The quantitative estimate of drug-likeness (QED) is 0.129. The van der Waals surface area contributed by atoms with Crippen molar-refractivity contribution in [2.75, 3.05) is 13.2 Å². The van der Waals surface area contributed by atoms with Gasteiger partial charge in [0.15, 0.2) is 24.8 Å². The Labute approximate surface area is 358 Å². The minimum atomic E-state index is -1.63. The number of carbonyl (C=O) groups excluding carboxylic acids is 2. The monoisotopic (exact) mass is 868 g/mol. The van der Waals surface area contributed by atoms with E-state index in [9.17, 15) is 45.3 Å². The number of hydrogen-bond donors (Lipinski definition) is 7. The highest BCUT2D eigenvalue weighted by atomic mass is 16.7. The average molecular weight is 869 g/mol. The summed E-state index contributed by atoms with van der Waals surface area (Å²) >= 11 is 0. The largest absolute Gasteiger partial charge is 0.455 e. The Hall–Kier alpha value is -1.54. The minimum absolute atomic E-state index is 0.0638. The first-order valence-corrected chi connectivity index (χ1v) is 22.6. The fourth-order valence-electron chi connectivity index (χ4n) is 15.5. The first-order valence-electron chi connectivity index (χ1n) is 22.6. The van der Waals surface area contributed by atoms with Crippen LogP contribution in [0.5, 0.6) is 0 Å². The molecule has 0 aromatic rings. The van der Waals surface area contributed by atoms with Crippen LogP contribution in [0.15, 0.2) is 0 Å². The molecule has 348 valence electrons. The first kappa shape index (κ1) is 46.0. The fraction of sp³-hybridized carbons (Fsp3) is 0.956. The molecule has 0 aromatic heterocycles. The smallest absolute Gasteiger partial charge is 0.303 e. The molecule has 21 atom stereocenters. The van der Waals surface area contributed by atoms with Crippen molar-refractivity contribution >= 4 is 11.9 Å². The van der Waals surface area contributed by atoms with Crippen LogP contribution in [-0.4, -0.2) is 152 Å². The highest BCUT2D eigenvalue weighted by molar-refractivity contribution is 5.67. The first-order chi connectivity index (χ1) is 28.3. The molecule has 0 aromatic carbocycles. The zero-order valence-electron chi connectivity index (χ0n) is 37.3. The maximum atomic E-state index is 12.4. The standard InChI is InChI=1S/C45H72O16/c1-21(47)56-33-24(50)19-55-38(34(33)57-22(2)48)60-28-11-13-45-20-44(45)15-14-41(7)35(43(9)12-10-29(61-43)40(5,6)54)23(49)17-42(41,8)27(44)16-25(36(45)39(28,3)4)58-37-32(53)31(52)30(51)26(18-46)59-37/h23-38,46,49-54H,10-20H2,1-9H3/t23-,24-,25+,26+,27-,28+,29+,30+,31-,32+,33-,34+,35+,36+,37+,38+,41+,42+,43+,44-,45+/m0/s1. The number of hydrogen-bond acceptors (Lipinski definition) is 16. The van der Waals surface area contributed by atoms with Crippen molar-refractivity contribution in [3.63, 3.8) is 0 Å². The van der Waals surface area contributed by atoms with E-state index in [4.69, 9.17) is 33.2 Å². The highest BCUT2D eigenvalue weighted by Crippen LogP contribution is 2.89. The molecule has 3 aliphatic heterocycles. The number of aliphatic hydroxyl groups excluding tert-OH is 6. The molecule has 0 unspecified atom stereocenters. The molecule has 61 heavy (non-hydrogen) atoms.